The molecule has 112 valence electrons. The van der Waals surface area contributed by atoms with Gasteiger partial charge in [0.15, 0.2) is 11.6 Å². The lowest BCUT2D eigenvalue weighted by Crippen LogP contribution is -2.25. The normalized spacial score (nSPS) is 12.4. The van der Waals surface area contributed by atoms with E-state index in [-0.39, 0.29) is 17.5 Å². The van der Waals surface area contributed by atoms with Crippen molar-refractivity contribution in [1.82, 2.24) is 5.32 Å². The molecule has 1 unspecified atom stereocenters. The molecule has 2 aromatic rings. The first-order valence-electron chi connectivity index (χ1n) is 6.64. The van der Waals surface area contributed by atoms with Crippen LogP contribution in [0.25, 0.3) is 0 Å². The van der Waals surface area contributed by atoms with Gasteiger partial charge in [-0.25, -0.2) is 17.6 Å². The van der Waals surface area contributed by atoms with Gasteiger partial charge >= 0.3 is 0 Å². The molecule has 0 amide bonds. The van der Waals surface area contributed by atoms with Crippen LogP contribution in [0.5, 0.6) is 0 Å². The SMILES string of the molecule is CCNC(Cc1cccc(F)c1F)c1c(F)cccc1F. The first-order valence-corrected chi connectivity index (χ1v) is 6.64. The minimum atomic E-state index is -0.989. The third kappa shape index (κ3) is 3.42. The zero-order valence-electron chi connectivity index (χ0n) is 11.5. The summed E-state index contributed by atoms with van der Waals surface area (Å²) in [5, 5.41) is 2.91. The van der Waals surface area contributed by atoms with E-state index in [1.165, 1.54) is 18.2 Å². The monoisotopic (exact) mass is 297 g/mol. The van der Waals surface area contributed by atoms with Crippen molar-refractivity contribution in [2.75, 3.05) is 6.54 Å². The molecule has 0 saturated heterocycles. The highest BCUT2D eigenvalue weighted by Gasteiger charge is 2.21. The molecule has 0 bridgehead atoms. The number of hydrogen-bond acceptors (Lipinski definition) is 1. The minimum absolute atomic E-state index is 0.0463. The van der Waals surface area contributed by atoms with Crippen molar-refractivity contribution in [3.63, 3.8) is 0 Å². The summed E-state index contributed by atoms with van der Waals surface area (Å²) in [6, 6.07) is 6.56. The zero-order chi connectivity index (χ0) is 15.4. The van der Waals surface area contributed by atoms with Gasteiger partial charge in [-0.1, -0.05) is 25.1 Å². The quantitative estimate of drug-likeness (QED) is 0.818. The molecule has 0 aliphatic carbocycles. The highest BCUT2D eigenvalue weighted by Crippen LogP contribution is 2.25. The van der Waals surface area contributed by atoms with Gasteiger partial charge in [0.25, 0.3) is 0 Å². The lowest BCUT2D eigenvalue weighted by Gasteiger charge is -2.20. The summed E-state index contributed by atoms with van der Waals surface area (Å²) in [7, 11) is 0. The second-order valence-corrected chi connectivity index (χ2v) is 4.66. The maximum Gasteiger partial charge on any atom is 0.162 e. The van der Waals surface area contributed by atoms with E-state index in [2.05, 4.69) is 5.32 Å². The Balaban J connectivity index is 2.38. The van der Waals surface area contributed by atoms with Crippen molar-refractivity contribution in [2.24, 2.45) is 0 Å². The summed E-state index contributed by atoms with van der Waals surface area (Å²) in [6.45, 7) is 2.21. The average Bonchev–Trinajstić information content (AvgIpc) is 2.44. The Morgan fingerprint density at radius 2 is 1.48 bits per heavy atom. The fourth-order valence-electron chi connectivity index (χ4n) is 2.29. The van der Waals surface area contributed by atoms with Crippen molar-refractivity contribution in [2.45, 2.75) is 19.4 Å². The summed E-state index contributed by atoms with van der Waals surface area (Å²) < 4.78 is 54.7. The van der Waals surface area contributed by atoms with Gasteiger partial charge in [0, 0.05) is 11.6 Å². The zero-order valence-corrected chi connectivity index (χ0v) is 11.5. The van der Waals surface area contributed by atoms with Gasteiger partial charge in [-0.2, -0.15) is 0 Å². The van der Waals surface area contributed by atoms with Crippen LogP contribution in [0.3, 0.4) is 0 Å². The third-order valence-corrected chi connectivity index (χ3v) is 3.25. The third-order valence-electron chi connectivity index (χ3n) is 3.25. The Bertz CT molecular complexity index is 607. The molecule has 5 heteroatoms. The number of nitrogens with one attached hydrogen (secondary N) is 1. The molecule has 0 radical (unpaired) electrons. The molecule has 0 spiro atoms. The van der Waals surface area contributed by atoms with Crippen molar-refractivity contribution in [3.05, 3.63) is 70.8 Å². The van der Waals surface area contributed by atoms with Crippen LogP contribution in [-0.4, -0.2) is 6.54 Å². The van der Waals surface area contributed by atoms with Gasteiger partial charge in [-0.15, -0.1) is 0 Å². The van der Waals surface area contributed by atoms with Gasteiger partial charge in [0.2, 0.25) is 0 Å². The van der Waals surface area contributed by atoms with Gasteiger partial charge in [-0.05, 0) is 36.7 Å². The molecule has 0 aliphatic heterocycles. The van der Waals surface area contributed by atoms with Crippen LogP contribution < -0.4 is 5.32 Å². The average molecular weight is 297 g/mol. The first-order chi connectivity index (χ1) is 10.0. The van der Waals surface area contributed by atoms with Crippen LogP contribution in [0, 0.1) is 23.3 Å². The van der Waals surface area contributed by atoms with E-state index in [9.17, 15) is 17.6 Å². The highest BCUT2D eigenvalue weighted by molar-refractivity contribution is 5.27. The van der Waals surface area contributed by atoms with E-state index in [0.717, 1.165) is 18.2 Å². The van der Waals surface area contributed by atoms with Crippen LogP contribution in [0.1, 0.15) is 24.1 Å². The topological polar surface area (TPSA) is 12.0 Å². The lowest BCUT2D eigenvalue weighted by molar-refractivity contribution is 0.454. The number of hydrogen-bond donors (Lipinski definition) is 1. The summed E-state index contributed by atoms with van der Waals surface area (Å²) in [5.41, 5.74) is -0.0911. The smallest absolute Gasteiger partial charge is 0.162 e. The number of likely N-dealkylation sites (N-methyl/N-ethyl adjacent to an activating group) is 1. The summed E-state index contributed by atoms with van der Waals surface area (Å²) in [6.07, 6.45) is -0.0463. The standard InChI is InChI=1S/C16H15F4N/c1-2-21-14(15-11(17)6-4-7-12(15)18)9-10-5-3-8-13(19)16(10)20/h3-8,14,21H,2,9H2,1H3. The molecule has 1 N–H and O–H groups in total. The van der Waals surface area contributed by atoms with Crippen molar-refractivity contribution in [1.29, 1.82) is 0 Å². The molecule has 0 aliphatic rings. The number of rotatable bonds is 5. The van der Waals surface area contributed by atoms with E-state index in [1.807, 2.05) is 0 Å². The summed E-state index contributed by atoms with van der Waals surface area (Å²) in [4.78, 5) is 0. The predicted octanol–water partition coefficient (Wildman–Crippen LogP) is 4.14. The van der Waals surface area contributed by atoms with Crippen molar-refractivity contribution >= 4 is 0 Å². The molecule has 2 rings (SSSR count). The maximum absolute atomic E-state index is 13.9. The Morgan fingerprint density at radius 3 is 2.10 bits per heavy atom. The molecule has 0 fully saturated rings. The molecular weight excluding hydrogens is 282 g/mol. The van der Waals surface area contributed by atoms with Gasteiger partial charge in [-0.3, -0.25) is 0 Å². The van der Waals surface area contributed by atoms with Crippen molar-refractivity contribution < 1.29 is 17.6 Å². The van der Waals surface area contributed by atoms with Crippen molar-refractivity contribution in [3.8, 4) is 0 Å². The van der Waals surface area contributed by atoms with Gasteiger partial charge in [0.05, 0.1) is 0 Å². The predicted molar refractivity (Wildman–Crippen MR) is 72.8 cm³/mol. The Kier molecular flexibility index (Phi) is 4.96. The highest BCUT2D eigenvalue weighted by atomic mass is 19.2. The second-order valence-electron chi connectivity index (χ2n) is 4.66. The van der Waals surface area contributed by atoms with Gasteiger partial charge in [0.1, 0.15) is 11.6 Å². The molecule has 1 nitrogen and oxygen atoms in total. The molecule has 0 aromatic heterocycles. The van der Waals surface area contributed by atoms with Gasteiger partial charge < -0.3 is 5.32 Å². The van der Waals surface area contributed by atoms with Crippen LogP contribution in [0.15, 0.2) is 36.4 Å². The lowest BCUT2D eigenvalue weighted by atomic mass is 9.97. The van der Waals surface area contributed by atoms with Crippen LogP contribution in [0.2, 0.25) is 0 Å². The molecule has 2 aromatic carbocycles. The number of benzene rings is 2. The first kappa shape index (κ1) is 15.5. The van der Waals surface area contributed by atoms with E-state index < -0.39 is 29.3 Å². The molecule has 0 saturated carbocycles. The van der Waals surface area contributed by atoms with E-state index in [1.54, 1.807) is 6.92 Å². The second kappa shape index (κ2) is 6.72. The molecule has 21 heavy (non-hydrogen) atoms. The Hall–Kier alpha value is -1.88. The van der Waals surface area contributed by atoms with E-state index >= 15 is 0 Å². The van der Waals surface area contributed by atoms with E-state index in [0.29, 0.717) is 6.54 Å². The largest absolute Gasteiger partial charge is 0.310 e. The fourth-order valence-corrected chi connectivity index (χ4v) is 2.29. The van der Waals surface area contributed by atoms with Crippen LogP contribution in [0.4, 0.5) is 17.6 Å². The minimum Gasteiger partial charge on any atom is -0.310 e. The Morgan fingerprint density at radius 1 is 0.905 bits per heavy atom. The molecule has 0 heterocycles. The molecular formula is C16H15F4N. The van der Waals surface area contributed by atoms with E-state index in [4.69, 9.17) is 0 Å². The number of halogens is 4. The summed E-state index contributed by atoms with van der Waals surface area (Å²) >= 11 is 0. The summed E-state index contributed by atoms with van der Waals surface area (Å²) in [5.74, 6) is -3.38. The Labute approximate surface area is 120 Å². The molecule has 1 atom stereocenters. The van der Waals surface area contributed by atoms with Crippen LogP contribution >= 0.6 is 0 Å². The van der Waals surface area contributed by atoms with Crippen LogP contribution in [-0.2, 0) is 6.42 Å². The fraction of sp³-hybridized carbons (Fsp3) is 0.250. The maximum atomic E-state index is 13.9.